The van der Waals surface area contributed by atoms with Crippen molar-refractivity contribution in [3.05, 3.63) is 0 Å². The van der Waals surface area contributed by atoms with Crippen LogP contribution in [0.2, 0.25) is 0 Å². The van der Waals surface area contributed by atoms with Crippen LogP contribution in [0.4, 0.5) is 0 Å². The Bertz CT molecular complexity index is 515. The van der Waals surface area contributed by atoms with Gasteiger partial charge in [0.25, 0.3) is 0 Å². The molecule has 2 aliphatic heterocycles. The quantitative estimate of drug-likeness (QED) is 0.674. The fourth-order valence-corrected chi connectivity index (χ4v) is 4.67. The van der Waals surface area contributed by atoms with Crippen molar-refractivity contribution in [1.29, 1.82) is 0 Å². The monoisotopic (exact) mass is 276 g/mol. The summed E-state index contributed by atoms with van der Waals surface area (Å²) >= 11 is 0. The van der Waals surface area contributed by atoms with Crippen LogP contribution in [0.5, 0.6) is 0 Å². The molecule has 6 heteroatoms. The maximum absolute atomic E-state index is 12.6. The highest BCUT2D eigenvalue weighted by Gasteiger charge is 2.62. The first-order chi connectivity index (χ1) is 9.58. The van der Waals surface area contributed by atoms with Gasteiger partial charge in [0, 0.05) is 6.42 Å². The van der Waals surface area contributed by atoms with Crippen LogP contribution in [0.1, 0.15) is 32.1 Å². The lowest BCUT2D eigenvalue weighted by molar-refractivity contribution is -0.152. The molecule has 4 aliphatic rings. The van der Waals surface area contributed by atoms with Crippen molar-refractivity contribution in [2.75, 3.05) is 0 Å². The Morgan fingerprint density at radius 3 is 2.05 bits per heavy atom. The highest BCUT2D eigenvalue weighted by atomic mass is 16.2. The summed E-state index contributed by atoms with van der Waals surface area (Å²) in [7, 11) is 0. The Balaban J connectivity index is 1.64. The molecular formula is C14H16N2O4. The normalized spacial score (nSPS) is 43.2. The SMILES string of the molecule is O=C1CC[C@@H](N2C(=O)[C@@H]3[C@@H]4CC[C@@H](C4)[C@H]3C2=O)C(=O)N1. The molecule has 0 radical (unpaired) electrons. The van der Waals surface area contributed by atoms with Gasteiger partial charge in [0.2, 0.25) is 23.6 Å². The number of piperidine rings is 1. The molecule has 4 fully saturated rings. The first-order valence-corrected chi connectivity index (χ1v) is 7.28. The molecule has 2 aliphatic carbocycles. The number of hydrogen-bond acceptors (Lipinski definition) is 4. The number of carbonyl (C=O) groups is 4. The average molecular weight is 276 g/mol. The van der Waals surface area contributed by atoms with E-state index in [4.69, 9.17) is 0 Å². The minimum Gasteiger partial charge on any atom is -0.295 e. The molecule has 0 aromatic rings. The van der Waals surface area contributed by atoms with Crippen LogP contribution in [0.3, 0.4) is 0 Å². The number of rotatable bonds is 1. The summed E-state index contributed by atoms with van der Waals surface area (Å²) in [5.41, 5.74) is 0. The summed E-state index contributed by atoms with van der Waals surface area (Å²) in [5.74, 6) is -0.956. The Kier molecular flexibility index (Phi) is 2.35. The van der Waals surface area contributed by atoms with Crippen molar-refractivity contribution >= 4 is 23.6 Å². The minimum absolute atomic E-state index is 0.179. The maximum atomic E-state index is 12.6. The zero-order valence-corrected chi connectivity index (χ0v) is 11.0. The number of hydrogen-bond donors (Lipinski definition) is 1. The zero-order valence-electron chi connectivity index (χ0n) is 11.0. The molecule has 106 valence electrons. The largest absolute Gasteiger partial charge is 0.295 e. The molecule has 1 N–H and O–H groups in total. The van der Waals surface area contributed by atoms with E-state index in [0.29, 0.717) is 11.8 Å². The predicted octanol–water partition coefficient (Wildman–Crippen LogP) is -0.177. The van der Waals surface area contributed by atoms with E-state index in [1.165, 1.54) is 4.90 Å². The fraction of sp³-hybridized carbons (Fsp3) is 0.714. The molecule has 0 aromatic carbocycles. The van der Waals surface area contributed by atoms with Gasteiger partial charge in [0.1, 0.15) is 6.04 Å². The van der Waals surface area contributed by atoms with Gasteiger partial charge in [-0.2, -0.15) is 0 Å². The molecule has 2 saturated heterocycles. The van der Waals surface area contributed by atoms with Crippen LogP contribution in [0.15, 0.2) is 0 Å². The maximum Gasteiger partial charge on any atom is 0.249 e. The topological polar surface area (TPSA) is 83.6 Å². The number of likely N-dealkylation sites (tertiary alicyclic amines) is 1. The molecule has 4 rings (SSSR count). The standard InChI is InChI=1S/C14H16N2O4/c17-9-4-3-8(12(18)15-9)16-13(19)10-6-1-2-7(5-6)11(10)14(16)20/h6-8,10-11H,1-5H2,(H,15,17,18)/t6-,7+,8-,10-,11-/m1/s1. The molecule has 2 saturated carbocycles. The van der Waals surface area contributed by atoms with Gasteiger partial charge in [-0.25, -0.2) is 0 Å². The molecule has 0 aromatic heterocycles. The number of amides is 4. The third-order valence-electron chi connectivity index (χ3n) is 5.48. The summed E-state index contributed by atoms with van der Waals surface area (Å²) in [6.07, 6.45) is 3.48. The van der Waals surface area contributed by atoms with E-state index in [2.05, 4.69) is 5.32 Å². The predicted molar refractivity (Wildman–Crippen MR) is 65.8 cm³/mol. The van der Waals surface area contributed by atoms with Crippen LogP contribution in [-0.2, 0) is 19.2 Å². The van der Waals surface area contributed by atoms with E-state index in [-0.39, 0.29) is 42.4 Å². The summed E-state index contributed by atoms with van der Waals surface area (Å²) in [6, 6.07) is -0.780. The minimum atomic E-state index is -0.780. The Morgan fingerprint density at radius 1 is 0.900 bits per heavy atom. The lowest BCUT2D eigenvalue weighted by atomic mass is 9.81. The second kappa shape index (κ2) is 3.90. The van der Waals surface area contributed by atoms with Crippen LogP contribution in [0, 0.1) is 23.7 Å². The molecule has 2 heterocycles. The summed E-state index contributed by atoms with van der Waals surface area (Å²) in [4.78, 5) is 49.4. The van der Waals surface area contributed by atoms with Gasteiger partial charge >= 0.3 is 0 Å². The highest BCUT2D eigenvalue weighted by Crippen LogP contribution is 2.56. The second-order valence-electron chi connectivity index (χ2n) is 6.40. The Labute approximate surface area is 115 Å². The van der Waals surface area contributed by atoms with Crippen LogP contribution in [-0.4, -0.2) is 34.6 Å². The van der Waals surface area contributed by atoms with Crippen molar-refractivity contribution in [2.45, 2.75) is 38.1 Å². The van der Waals surface area contributed by atoms with E-state index in [0.717, 1.165) is 19.3 Å². The third kappa shape index (κ3) is 1.39. The molecule has 6 nitrogen and oxygen atoms in total. The van der Waals surface area contributed by atoms with Gasteiger partial charge in [0.05, 0.1) is 11.8 Å². The summed E-state index contributed by atoms with van der Waals surface area (Å²) < 4.78 is 0. The van der Waals surface area contributed by atoms with E-state index in [1.54, 1.807) is 0 Å². The van der Waals surface area contributed by atoms with E-state index in [1.807, 2.05) is 0 Å². The first-order valence-electron chi connectivity index (χ1n) is 7.28. The summed E-state index contributed by atoms with van der Waals surface area (Å²) in [5, 5.41) is 2.23. The number of imide groups is 2. The second-order valence-corrected chi connectivity index (χ2v) is 6.40. The van der Waals surface area contributed by atoms with Gasteiger partial charge in [-0.1, -0.05) is 0 Å². The molecule has 4 amide bonds. The van der Waals surface area contributed by atoms with E-state index < -0.39 is 11.9 Å². The van der Waals surface area contributed by atoms with E-state index >= 15 is 0 Å². The summed E-state index contributed by atoms with van der Waals surface area (Å²) in [6.45, 7) is 0. The number of nitrogens with one attached hydrogen (secondary N) is 1. The Morgan fingerprint density at radius 2 is 1.50 bits per heavy atom. The van der Waals surface area contributed by atoms with Gasteiger partial charge in [-0.05, 0) is 37.5 Å². The van der Waals surface area contributed by atoms with Crippen LogP contribution in [0.25, 0.3) is 0 Å². The lowest BCUT2D eigenvalue weighted by Crippen LogP contribution is -2.54. The van der Waals surface area contributed by atoms with Crippen molar-refractivity contribution < 1.29 is 19.2 Å². The first kappa shape index (κ1) is 12.1. The molecule has 0 unspecified atom stereocenters. The molecule has 2 bridgehead atoms. The fourth-order valence-electron chi connectivity index (χ4n) is 4.67. The molecule has 0 spiro atoms. The van der Waals surface area contributed by atoms with Crippen molar-refractivity contribution in [1.82, 2.24) is 10.2 Å². The number of fused-ring (bicyclic) bond motifs is 5. The van der Waals surface area contributed by atoms with Gasteiger partial charge in [-0.15, -0.1) is 0 Å². The average Bonchev–Trinajstić information content (AvgIpc) is 3.06. The van der Waals surface area contributed by atoms with Crippen molar-refractivity contribution in [3.63, 3.8) is 0 Å². The van der Waals surface area contributed by atoms with Gasteiger partial charge < -0.3 is 0 Å². The number of nitrogens with zero attached hydrogens (tertiary/aromatic N) is 1. The van der Waals surface area contributed by atoms with Gasteiger partial charge in [-0.3, -0.25) is 29.4 Å². The lowest BCUT2D eigenvalue weighted by Gasteiger charge is -2.29. The third-order valence-corrected chi connectivity index (χ3v) is 5.48. The van der Waals surface area contributed by atoms with Crippen molar-refractivity contribution in [3.8, 4) is 0 Å². The Hall–Kier alpha value is -1.72. The molecule has 20 heavy (non-hydrogen) atoms. The number of carbonyl (C=O) groups excluding carboxylic acids is 4. The van der Waals surface area contributed by atoms with Gasteiger partial charge in [0.15, 0.2) is 0 Å². The molecule has 5 atom stereocenters. The smallest absolute Gasteiger partial charge is 0.249 e. The van der Waals surface area contributed by atoms with Crippen LogP contribution >= 0.6 is 0 Å². The van der Waals surface area contributed by atoms with Crippen LogP contribution < -0.4 is 5.32 Å². The van der Waals surface area contributed by atoms with E-state index in [9.17, 15) is 19.2 Å². The molecular weight excluding hydrogens is 260 g/mol. The highest BCUT2D eigenvalue weighted by molar-refractivity contribution is 6.11. The van der Waals surface area contributed by atoms with Crippen molar-refractivity contribution in [2.24, 2.45) is 23.7 Å². The zero-order chi connectivity index (χ0) is 14.0.